The van der Waals surface area contributed by atoms with E-state index in [1.54, 1.807) is 6.20 Å². The second-order valence-corrected chi connectivity index (χ2v) is 8.87. The number of hydrogen-bond acceptors (Lipinski definition) is 8. The van der Waals surface area contributed by atoms with E-state index in [1.807, 2.05) is 50.6 Å². The number of nitrogens with one attached hydrogen (secondary N) is 2. The fraction of sp³-hybridized carbons (Fsp3) is 0.296. The molecule has 0 spiro atoms. The number of aromatic nitrogens is 3. The molecule has 0 atom stereocenters. The molecule has 1 saturated heterocycles. The average molecular weight is 470 g/mol. The highest BCUT2D eigenvalue weighted by molar-refractivity contribution is 5.93. The van der Waals surface area contributed by atoms with Gasteiger partial charge in [-0.3, -0.25) is 4.98 Å². The third-order valence-corrected chi connectivity index (χ3v) is 6.03. The monoisotopic (exact) mass is 469 g/mol. The lowest BCUT2D eigenvalue weighted by atomic mass is 10.1. The lowest BCUT2D eigenvalue weighted by molar-refractivity contribution is 0.261. The van der Waals surface area contributed by atoms with E-state index in [9.17, 15) is 0 Å². The third-order valence-electron chi connectivity index (χ3n) is 6.03. The molecule has 2 aromatic carbocycles. The average Bonchev–Trinajstić information content (AvgIpc) is 2.89. The molecule has 1 aliphatic heterocycles. The minimum Gasteiger partial charge on any atom is -0.492 e. The van der Waals surface area contributed by atoms with E-state index < -0.39 is 0 Å². The topological polar surface area (TPSA) is 78.4 Å². The predicted molar refractivity (Wildman–Crippen MR) is 142 cm³/mol. The van der Waals surface area contributed by atoms with E-state index >= 15 is 0 Å². The molecule has 2 N–H and O–H groups in total. The molecule has 5 rings (SSSR count). The summed E-state index contributed by atoms with van der Waals surface area (Å²) >= 11 is 0. The van der Waals surface area contributed by atoms with E-state index in [-0.39, 0.29) is 0 Å². The fourth-order valence-electron chi connectivity index (χ4n) is 4.12. The van der Waals surface area contributed by atoms with Crippen molar-refractivity contribution >= 4 is 28.2 Å². The van der Waals surface area contributed by atoms with Gasteiger partial charge in [-0.15, -0.1) is 0 Å². The molecule has 2 aromatic heterocycles. The Bertz CT molecular complexity index is 1270. The first kappa shape index (κ1) is 23.0. The Kier molecular flexibility index (Phi) is 7.02. The predicted octanol–water partition coefficient (Wildman–Crippen LogP) is 3.79. The SMILES string of the molecule is CN(C)CCOc1ccnc(-c2cccc3cnc(Nc4ccc(N5CCNCC5)cc4)nc23)c1. The van der Waals surface area contributed by atoms with Crippen LogP contribution in [0.2, 0.25) is 0 Å². The van der Waals surface area contributed by atoms with Crippen LogP contribution in [-0.4, -0.2) is 73.3 Å². The number of benzene rings is 2. The highest BCUT2D eigenvalue weighted by atomic mass is 16.5. The van der Waals surface area contributed by atoms with Crippen LogP contribution in [0.1, 0.15) is 0 Å². The molecule has 1 aliphatic rings. The summed E-state index contributed by atoms with van der Waals surface area (Å²) in [5.41, 5.74) is 4.80. The van der Waals surface area contributed by atoms with Crippen LogP contribution in [0.3, 0.4) is 0 Å². The van der Waals surface area contributed by atoms with Gasteiger partial charge in [0, 0.05) is 73.5 Å². The molecule has 4 aromatic rings. The fourth-order valence-corrected chi connectivity index (χ4v) is 4.12. The Hall–Kier alpha value is -3.75. The normalized spacial score (nSPS) is 13.9. The molecule has 0 unspecified atom stereocenters. The van der Waals surface area contributed by atoms with Crippen LogP contribution in [0.5, 0.6) is 5.75 Å². The Labute approximate surface area is 206 Å². The lowest BCUT2D eigenvalue weighted by Gasteiger charge is -2.29. The summed E-state index contributed by atoms with van der Waals surface area (Å²) < 4.78 is 5.91. The summed E-state index contributed by atoms with van der Waals surface area (Å²) in [7, 11) is 4.06. The molecule has 0 radical (unpaired) electrons. The molecule has 0 aliphatic carbocycles. The molecular weight excluding hydrogens is 438 g/mol. The quantitative estimate of drug-likeness (QED) is 0.404. The Morgan fingerprint density at radius 3 is 2.66 bits per heavy atom. The zero-order valence-electron chi connectivity index (χ0n) is 20.2. The van der Waals surface area contributed by atoms with Gasteiger partial charge in [-0.2, -0.15) is 0 Å². The van der Waals surface area contributed by atoms with E-state index in [0.29, 0.717) is 12.6 Å². The molecule has 35 heavy (non-hydrogen) atoms. The van der Waals surface area contributed by atoms with Gasteiger partial charge in [0.25, 0.3) is 0 Å². The first-order valence-corrected chi connectivity index (χ1v) is 12.0. The van der Waals surface area contributed by atoms with Gasteiger partial charge in [0.05, 0.1) is 11.2 Å². The van der Waals surface area contributed by atoms with Gasteiger partial charge in [-0.1, -0.05) is 18.2 Å². The maximum absolute atomic E-state index is 5.91. The molecule has 8 heteroatoms. The number of pyridine rings is 1. The second kappa shape index (κ2) is 10.7. The first-order valence-electron chi connectivity index (χ1n) is 12.0. The summed E-state index contributed by atoms with van der Waals surface area (Å²) in [4.78, 5) is 18.5. The van der Waals surface area contributed by atoms with Gasteiger partial charge in [-0.05, 0) is 44.4 Å². The molecule has 0 saturated carbocycles. The van der Waals surface area contributed by atoms with Crippen molar-refractivity contribution in [3.8, 4) is 17.0 Å². The maximum Gasteiger partial charge on any atom is 0.227 e. The number of para-hydroxylation sites is 1. The summed E-state index contributed by atoms with van der Waals surface area (Å²) in [6, 6.07) is 18.3. The van der Waals surface area contributed by atoms with Crippen molar-refractivity contribution in [2.24, 2.45) is 0 Å². The number of likely N-dealkylation sites (N-methyl/N-ethyl adjacent to an activating group) is 1. The Morgan fingerprint density at radius 1 is 1.03 bits per heavy atom. The van der Waals surface area contributed by atoms with Crippen LogP contribution in [0, 0.1) is 0 Å². The number of rotatable bonds is 8. The lowest BCUT2D eigenvalue weighted by Crippen LogP contribution is -2.43. The van der Waals surface area contributed by atoms with Crippen LogP contribution in [-0.2, 0) is 0 Å². The van der Waals surface area contributed by atoms with Gasteiger partial charge in [0.15, 0.2) is 0 Å². The number of piperazine rings is 1. The Balaban J connectivity index is 1.37. The highest BCUT2D eigenvalue weighted by Gasteiger charge is 2.12. The van der Waals surface area contributed by atoms with Gasteiger partial charge in [0.1, 0.15) is 12.4 Å². The van der Waals surface area contributed by atoms with E-state index in [0.717, 1.165) is 66.3 Å². The van der Waals surface area contributed by atoms with Gasteiger partial charge >= 0.3 is 0 Å². The highest BCUT2D eigenvalue weighted by Crippen LogP contribution is 2.29. The zero-order chi connectivity index (χ0) is 24.0. The second-order valence-electron chi connectivity index (χ2n) is 8.87. The van der Waals surface area contributed by atoms with Crippen LogP contribution in [0.4, 0.5) is 17.3 Å². The van der Waals surface area contributed by atoms with Crippen molar-refractivity contribution < 1.29 is 4.74 Å². The third kappa shape index (κ3) is 5.67. The molecule has 180 valence electrons. The van der Waals surface area contributed by atoms with Crippen LogP contribution < -0.4 is 20.3 Å². The van der Waals surface area contributed by atoms with Gasteiger partial charge in [0.2, 0.25) is 5.95 Å². The number of nitrogens with zero attached hydrogens (tertiary/aromatic N) is 5. The minimum atomic E-state index is 0.554. The minimum absolute atomic E-state index is 0.554. The summed E-state index contributed by atoms with van der Waals surface area (Å²) in [6.07, 6.45) is 3.63. The number of ether oxygens (including phenoxy) is 1. The van der Waals surface area contributed by atoms with Crippen molar-refractivity contribution in [3.63, 3.8) is 0 Å². The standard InChI is InChI=1S/C27H31N7O/c1-33(2)16-17-35-23-10-11-29-25(18-23)24-5-3-4-20-19-30-27(32-26(20)24)31-21-6-8-22(9-7-21)34-14-12-28-13-15-34/h3-11,18-19,28H,12-17H2,1-2H3,(H,30,31,32). The van der Waals surface area contributed by atoms with Crippen molar-refractivity contribution in [2.45, 2.75) is 0 Å². The summed E-state index contributed by atoms with van der Waals surface area (Å²) in [6.45, 7) is 5.57. The molecular formula is C27H31N7O. The summed E-state index contributed by atoms with van der Waals surface area (Å²) in [5.74, 6) is 1.35. The molecule has 0 bridgehead atoms. The number of anilines is 3. The van der Waals surface area contributed by atoms with Crippen molar-refractivity contribution in [2.75, 3.05) is 63.6 Å². The summed E-state index contributed by atoms with van der Waals surface area (Å²) in [5, 5.41) is 7.70. The van der Waals surface area contributed by atoms with E-state index in [1.165, 1.54) is 5.69 Å². The zero-order valence-corrected chi connectivity index (χ0v) is 20.2. The first-order chi connectivity index (χ1) is 17.2. The molecule has 3 heterocycles. The van der Waals surface area contributed by atoms with Crippen LogP contribution >= 0.6 is 0 Å². The van der Waals surface area contributed by atoms with Crippen molar-refractivity contribution in [3.05, 3.63) is 67.0 Å². The number of hydrogen-bond donors (Lipinski definition) is 2. The van der Waals surface area contributed by atoms with Crippen LogP contribution in [0.15, 0.2) is 67.0 Å². The van der Waals surface area contributed by atoms with Crippen LogP contribution in [0.25, 0.3) is 22.2 Å². The number of fused-ring (bicyclic) bond motifs is 1. The Morgan fingerprint density at radius 2 is 1.86 bits per heavy atom. The van der Waals surface area contributed by atoms with Crippen molar-refractivity contribution in [1.29, 1.82) is 0 Å². The van der Waals surface area contributed by atoms with Crippen molar-refractivity contribution in [1.82, 2.24) is 25.2 Å². The molecule has 8 nitrogen and oxygen atoms in total. The smallest absolute Gasteiger partial charge is 0.227 e. The maximum atomic E-state index is 5.91. The van der Waals surface area contributed by atoms with Gasteiger partial charge < -0.3 is 25.2 Å². The van der Waals surface area contributed by atoms with E-state index in [2.05, 4.69) is 54.7 Å². The largest absolute Gasteiger partial charge is 0.492 e. The van der Waals surface area contributed by atoms with Gasteiger partial charge in [-0.25, -0.2) is 9.97 Å². The molecule has 1 fully saturated rings. The van der Waals surface area contributed by atoms with E-state index in [4.69, 9.17) is 9.72 Å². The molecule has 0 amide bonds.